The Hall–Kier alpha value is -2.74. The van der Waals surface area contributed by atoms with Gasteiger partial charge in [0.05, 0.1) is 0 Å². The molecule has 21 heavy (non-hydrogen) atoms. The van der Waals surface area contributed by atoms with E-state index in [9.17, 15) is 0 Å². The lowest BCUT2D eigenvalue weighted by Crippen LogP contribution is -1.86. The highest BCUT2D eigenvalue weighted by atomic mass is 16.3. The van der Waals surface area contributed by atoms with Gasteiger partial charge < -0.3 is 9.73 Å². The van der Waals surface area contributed by atoms with Crippen molar-refractivity contribution in [2.45, 2.75) is 0 Å². The van der Waals surface area contributed by atoms with Gasteiger partial charge in [0.1, 0.15) is 11.2 Å². The molecule has 1 N–H and O–H groups in total. The van der Waals surface area contributed by atoms with Crippen molar-refractivity contribution in [3.8, 4) is 11.1 Å². The minimum Gasteiger partial charge on any atom is -0.456 e. The molecule has 0 aliphatic carbocycles. The first kappa shape index (κ1) is 12.0. The van der Waals surface area contributed by atoms with Gasteiger partial charge in [0.2, 0.25) is 0 Å². The number of furan rings is 1. The average Bonchev–Trinajstić information content (AvgIpc) is 2.93. The smallest absolute Gasteiger partial charge is 0.135 e. The number of hydrogen-bond acceptors (Lipinski definition) is 2. The standard InChI is InChI=1S/C19H15NO/c1-20-15-9-6-13(7-10-15)14-8-11-19-17(12-14)16-4-2-3-5-18(16)21-19/h2-12,20H,1H3. The Labute approximate surface area is 123 Å². The van der Waals surface area contributed by atoms with Crippen molar-refractivity contribution in [1.29, 1.82) is 0 Å². The maximum atomic E-state index is 5.87. The highest BCUT2D eigenvalue weighted by Crippen LogP contribution is 2.32. The van der Waals surface area contributed by atoms with Crippen LogP contribution in [0.3, 0.4) is 0 Å². The summed E-state index contributed by atoms with van der Waals surface area (Å²) in [5, 5.41) is 5.48. The molecule has 0 atom stereocenters. The van der Waals surface area contributed by atoms with E-state index in [4.69, 9.17) is 4.42 Å². The van der Waals surface area contributed by atoms with Crippen LogP contribution in [-0.2, 0) is 0 Å². The second-order valence-corrected chi connectivity index (χ2v) is 5.14. The number of hydrogen-bond donors (Lipinski definition) is 1. The van der Waals surface area contributed by atoms with Crippen LogP contribution in [0.4, 0.5) is 5.69 Å². The average molecular weight is 273 g/mol. The van der Waals surface area contributed by atoms with Crippen LogP contribution >= 0.6 is 0 Å². The minimum absolute atomic E-state index is 0.937. The minimum atomic E-state index is 0.937. The van der Waals surface area contributed by atoms with Crippen LogP contribution in [0.5, 0.6) is 0 Å². The predicted molar refractivity (Wildman–Crippen MR) is 88.7 cm³/mol. The van der Waals surface area contributed by atoms with E-state index in [-0.39, 0.29) is 0 Å². The Morgan fingerprint density at radius 2 is 1.43 bits per heavy atom. The lowest BCUT2D eigenvalue weighted by molar-refractivity contribution is 0.669. The quantitative estimate of drug-likeness (QED) is 0.536. The monoisotopic (exact) mass is 273 g/mol. The maximum absolute atomic E-state index is 5.87. The van der Waals surface area contributed by atoms with E-state index < -0.39 is 0 Å². The number of para-hydroxylation sites is 1. The second-order valence-electron chi connectivity index (χ2n) is 5.14. The fraction of sp³-hybridized carbons (Fsp3) is 0.0526. The Kier molecular flexibility index (Phi) is 2.68. The van der Waals surface area contributed by atoms with Crippen molar-refractivity contribution < 1.29 is 4.42 Å². The van der Waals surface area contributed by atoms with E-state index >= 15 is 0 Å². The Morgan fingerprint density at radius 3 is 2.24 bits per heavy atom. The zero-order valence-electron chi connectivity index (χ0n) is 11.8. The molecule has 4 aromatic rings. The van der Waals surface area contributed by atoms with Gasteiger partial charge in [-0.2, -0.15) is 0 Å². The van der Waals surface area contributed by atoms with Crippen LogP contribution in [0.2, 0.25) is 0 Å². The summed E-state index contributed by atoms with van der Waals surface area (Å²) in [4.78, 5) is 0. The highest BCUT2D eigenvalue weighted by Gasteiger charge is 2.07. The molecule has 0 radical (unpaired) electrons. The first-order valence-corrected chi connectivity index (χ1v) is 7.04. The number of nitrogens with one attached hydrogen (secondary N) is 1. The number of anilines is 1. The molecule has 1 aromatic heterocycles. The summed E-state index contributed by atoms with van der Waals surface area (Å²) in [6.45, 7) is 0. The summed E-state index contributed by atoms with van der Waals surface area (Å²) < 4.78 is 5.87. The molecule has 2 nitrogen and oxygen atoms in total. The third-order valence-electron chi connectivity index (χ3n) is 3.88. The van der Waals surface area contributed by atoms with Crippen molar-refractivity contribution in [2.75, 3.05) is 12.4 Å². The Balaban J connectivity index is 1.90. The normalized spacial score (nSPS) is 11.1. The van der Waals surface area contributed by atoms with Crippen LogP contribution in [-0.4, -0.2) is 7.05 Å². The van der Waals surface area contributed by atoms with Crippen LogP contribution in [0, 0.1) is 0 Å². The third kappa shape index (κ3) is 1.96. The fourth-order valence-corrected chi connectivity index (χ4v) is 2.73. The SMILES string of the molecule is CNc1ccc(-c2ccc3oc4ccccc4c3c2)cc1. The van der Waals surface area contributed by atoms with Crippen molar-refractivity contribution in [2.24, 2.45) is 0 Å². The van der Waals surface area contributed by atoms with Crippen LogP contribution < -0.4 is 5.32 Å². The molecular weight excluding hydrogens is 258 g/mol. The largest absolute Gasteiger partial charge is 0.456 e. The summed E-state index contributed by atoms with van der Waals surface area (Å²) in [5.41, 5.74) is 5.41. The molecule has 0 aliphatic heterocycles. The van der Waals surface area contributed by atoms with Crippen LogP contribution in [0.25, 0.3) is 33.1 Å². The molecule has 102 valence electrons. The van der Waals surface area contributed by atoms with E-state index in [1.807, 2.05) is 25.2 Å². The van der Waals surface area contributed by atoms with Gasteiger partial charge in [-0.25, -0.2) is 0 Å². The molecule has 0 unspecified atom stereocenters. The molecule has 3 aromatic carbocycles. The van der Waals surface area contributed by atoms with Gasteiger partial charge in [-0.1, -0.05) is 36.4 Å². The van der Waals surface area contributed by atoms with Gasteiger partial charge in [-0.3, -0.25) is 0 Å². The molecule has 4 rings (SSSR count). The van der Waals surface area contributed by atoms with Crippen molar-refractivity contribution in [1.82, 2.24) is 0 Å². The Morgan fingerprint density at radius 1 is 0.714 bits per heavy atom. The third-order valence-corrected chi connectivity index (χ3v) is 3.88. The van der Waals surface area contributed by atoms with E-state index in [0.29, 0.717) is 0 Å². The van der Waals surface area contributed by atoms with Crippen molar-refractivity contribution in [3.05, 3.63) is 66.7 Å². The van der Waals surface area contributed by atoms with E-state index in [2.05, 4.69) is 53.8 Å². The molecule has 0 amide bonds. The molecule has 1 heterocycles. The zero-order chi connectivity index (χ0) is 14.2. The second kappa shape index (κ2) is 4.67. The molecule has 0 fully saturated rings. The number of rotatable bonds is 2. The van der Waals surface area contributed by atoms with Crippen LogP contribution in [0.1, 0.15) is 0 Å². The molecule has 0 spiro atoms. The molecule has 2 heteroatoms. The molecule has 0 saturated heterocycles. The predicted octanol–water partition coefficient (Wildman–Crippen LogP) is 5.29. The number of fused-ring (bicyclic) bond motifs is 3. The Bertz CT molecular complexity index is 919. The molecular formula is C19H15NO. The first-order valence-electron chi connectivity index (χ1n) is 7.04. The first-order chi connectivity index (χ1) is 10.3. The van der Waals surface area contributed by atoms with Gasteiger partial charge in [-0.05, 0) is 41.5 Å². The van der Waals surface area contributed by atoms with Crippen molar-refractivity contribution >= 4 is 27.6 Å². The topological polar surface area (TPSA) is 25.2 Å². The summed E-state index contributed by atoms with van der Waals surface area (Å²) in [6.07, 6.45) is 0. The van der Waals surface area contributed by atoms with Crippen LogP contribution in [0.15, 0.2) is 71.1 Å². The fourth-order valence-electron chi connectivity index (χ4n) is 2.73. The van der Waals surface area contributed by atoms with Gasteiger partial charge in [0, 0.05) is 23.5 Å². The molecule has 0 saturated carbocycles. The number of benzene rings is 3. The van der Waals surface area contributed by atoms with Gasteiger partial charge >= 0.3 is 0 Å². The molecule has 0 aliphatic rings. The maximum Gasteiger partial charge on any atom is 0.135 e. The summed E-state index contributed by atoms with van der Waals surface area (Å²) in [6, 6.07) is 23.0. The van der Waals surface area contributed by atoms with Crippen molar-refractivity contribution in [3.63, 3.8) is 0 Å². The van der Waals surface area contributed by atoms with Gasteiger partial charge in [0.25, 0.3) is 0 Å². The summed E-state index contributed by atoms with van der Waals surface area (Å²) in [5.74, 6) is 0. The van der Waals surface area contributed by atoms with E-state index in [1.165, 1.54) is 21.9 Å². The van der Waals surface area contributed by atoms with Gasteiger partial charge in [0.15, 0.2) is 0 Å². The zero-order valence-corrected chi connectivity index (χ0v) is 11.8. The lowest BCUT2D eigenvalue weighted by atomic mass is 10.0. The summed E-state index contributed by atoms with van der Waals surface area (Å²) >= 11 is 0. The summed E-state index contributed by atoms with van der Waals surface area (Å²) in [7, 11) is 1.93. The van der Waals surface area contributed by atoms with E-state index in [0.717, 1.165) is 16.9 Å². The van der Waals surface area contributed by atoms with E-state index in [1.54, 1.807) is 0 Å². The molecule has 0 bridgehead atoms. The lowest BCUT2D eigenvalue weighted by Gasteiger charge is -2.04. The highest BCUT2D eigenvalue weighted by molar-refractivity contribution is 6.06. The van der Waals surface area contributed by atoms with Gasteiger partial charge in [-0.15, -0.1) is 0 Å².